The van der Waals surface area contributed by atoms with Crippen LogP contribution in [0.1, 0.15) is 0 Å². The summed E-state index contributed by atoms with van der Waals surface area (Å²) in [5.41, 5.74) is 1.79. The lowest BCUT2D eigenvalue weighted by atomic mass is 10.2. The molecule has 21 heavy (non-hydrogen) atoms. The van der Waals surface area contributed by atoms with E-state index in [-0.39, 0.29) is 12.3 Å². The Bertz CT molecular complexity index is 759. The molecule has 1 heterocycles. The van der Waals surface area contributed by atoms with Crippen LogP contribution < -0.4 is 11.0 Å². The van der Waals surface area contributed by atoms with Crippen molar-refractivity contribution in [3.05, 3.63) is 28.7 Å². The maximum absolute atomic E-state index is 11.8. The van der Waals surface area contributed by atoms with Gasteiger partial charge in [0.25, 0.3) is 0 Å². The summed E-state index contributed by atoms with van der Waals surface area (Å²) in [7, 11) is 3.31. The molecule has 2 aromatic rings. The number of carboxylic acids is 1. The first-order valence-corrected chi connectivity index (χ1v) is 6.15. The summed E-state index contributed by atoms with van der Waals surface area (Å²) in [4.78, 5) is 33.6. The van der Waals surface area contributed by atoms with Gasteiger partial charge >= 0.3 is 11.7 Å². The molecule has 1 amide bonds. The van der Waals surface area contributed by atoms with Crippen molar-refractivity contribution in [2.24, 2.45) is 14.1 Å². The largest absolute Gasteiger partial charge is 0.480 e. The van der Waals surface area contributed by atoms with Gasteiger partial charge in [-0.15, -0.1) is 0 Å². The van der Waals surface area contributed by atoms with Gasteiger partial charge < -0.3 is 15.2 Å². The van der Waals surface area contributed by atoms with E-state index in [4.69, 9.17) is 9.84 Å². The number of anilines is 1. The predicted octanol–water partition coefficient (Wildman–Crippen LogP) is -0.0833. The molecule has 8 nitrogen and oxygen atoms in total. The van der Waals surface area contributed by atoms with Gasteiger partial charge in [0, 0.05) is 19.8 Å². The van der Waals surface area contributed by atoms with E-state index in [0.717, 1.165) is 5.52 Å². The number of carboxylic acid groups (broad SMARTS) is 1. The number of amides is 1. The molecule has 0 saturated heterocycles. The number of carbonyl (C=O) groups excluding carboxylic acids is 1. The van der Waals surface area contributed by atoms with Gasteiger partial charge in [-0.25, -0.2) is 9.59 Å². The molecule has 0 spiro atoms. The van der Waals surface area contributed by atoms with Gasteiger partial charge in [-0.05, 0) is 18.2 Å². The molecule has 0 atom stereocenters. The number of aliphatic carboxylic acids is 1. The molecule has 1 aromatic carbocycles. The zero-order valence-corrected chi connectivity index (χ0v) is 11.6. The van der Waals surface area contributed by atoms with Crippen LogP contribution in [0.4, 0.5) is 5.69 Å². The van der Waals surface area contributed by atoms with Crippen LogP contribution in [-0.4, -0.2) is 39.3 Å². The van der Waals surface area contributed by atoms with E-state index in [1.807, 2.05) is 0 Å². The van der Waals surface area contributed by atoms with Gasteiger partial charge in [0.05, 0.1) is 11.0 Å². The fourth-order valence-corrected chi connectivity index (χ4v) is 2.01. The lowest BCUT2D eigenvalue weighted by Gasteiger charge is -2.06. The molecule has 112 valence electrons. The number of hydrogen-bond donors (Lipinski definition) is 2. The number of fused-ring (bicyclic) bond motifs is 1. The number of nitrogens with one attached hydrogen (secondary N) is 1. The first kappa shape index (κ1) is 14.8. The number of nitrogens with zero attached hydrogens (tertiary/aromatic N) is 2. The minimum Gasteiger partial charge on any atom is -0.480 e. The highest BCUT2D eigenvalue weighted by Gasteiger charge is 2.10. The molecule has 0 bridgehead atoms. The van der Waals surface area contributed by atoms with Gasteiger partial charge in [-0.3, -0.25) is 13.9 Å². The molecule has 2 rings (SSSR count). The smallest absolute Gasteiger partial charge is 0.329 e. The molecule has 1 aromatic heterocycles. The van der Waals surface area contributed by atoms with E-state index >= 15 is 0 Å². The second kappa shape index (κ2) is 5.80. The Balaban J connectivity index is 2.13. The van der Waals surface area contributed by atoms with Crippen LogP contribution in [0.2, 0.25) is 0 Å². The average Bonchev–Trinajstić information content (AvgIpc) is 2.63. The van der Waals surface area contributed by atoms with Gasteiger partial charge in [0.15, 0.2) is 0 Å². The molecule has 0 radical (unpaired) electrons. The molecule has 0 unspecified atom stereocenters. The first-order valence-electron chi connectivity index (χ1n) is 6.15. The molecule has 0 aliphatic heterocycles. The summed E-state index contributed by atoms with van der Waals surface area (Å²) in [5.74, 6) is -1.60. The highest BCUT2D eigenvalue weighted by Crippen LogP contribution is 2.17. The van der Waals surface area contributed by atoms with Crippen molar-refractivity contribution in [3.63, 3.8) is 0 Å². The molecule has 8 heteroatoms. The van der Waals surface area contributed by atoms with Gasteiger partial charge in [-0.1, -0.05) is 0 Å². The summed E-state index contributed by atoms with van der Waals surface area (Å²) in [6.07, 6.45) is 0. The maximum Gasteiger partial charge on any atom is 0.329 e. The molecular formula is C13H15N3O5. The van der Waals surface area contributed by atoms with Crippen LogP contribution in [0.15, 0.2) is 23.0 Å². The summed E-state index contributed by atoms with van der Waals surface area (Å²) < 4.78 is 7.68. The number of carbonyl (C=O) groups is 2. The minimum absolute atomic E-state index is 0.154. The van der Waals surface area contributed by atoms with Crippen molar-refractivity contribution < 1.29 is 19.4 Å². The Labute approximate surface area is 119 Å². The Morgan fingerprint density at radius 3 is 2.52 bits per heavy atom. The molecule has 0 aliphatic carbocycles. The number of benzene rings is 1. The number of imidazole rings is 1. The Morgan fingerprint density at radius 1 is 1.19 bits per heavy atom. The Morgan fingerprint density at radius 2 is 1.86 bits per heavy atom. The average molecular weight is 293 g/mol. The van der Waals surface area contributed by atoms with Crippen molar-refractivity contribution in [1.29, 1.82) is 0 Å². The fraction of sp³-hybridized carbons (Fsp3) is 0.308. The normalized spacial score (nSPS) is 10.8. The third-order valence-electron chi connectivity index (χ3n) is 3.01. The minimum atomic E-state index is -1.14. The third kappa shape index (κ3) is 3.11. The summed E-state index contributed by atoms with van der Waals surface area (Å²) >= 11 is 0. The summed E-state index contributed by atoms with van der Waals surface area (Å²) in [6.45, 7) is -0.877. The number of rotatable bonds is 5. The van der Waals surface area contributed by atoms with Gasteiger partial charge in [0.2, 0.25) is 5.91 Å². The van der Waals surface area contributed by atoms with Gasteiger partial charge in [0.1, 0.15) is 13.2 Å². The van der Waals surface area contributed by atoms with Crippen LogP contribution in [0, 0.1) is 0 Å². The van der Waals surface area contributed by atoms with E-state index in [1.165, 1.54) is 9.13 Å². The quantitative estimate of drug-likeness (QED) is 0.802. The van der Waals surface area contributed by atoms with Crippen LogP contribution >= 0.6 is 0 Å². The van der Waals surface area contributed by atoms with E-state index < -0.39 is 18.5 Å². The van der Waals surface area contributed by atoms with Crippen LogP contribution in [0.25, 0.3) is 11.0 Å². The van der Waals surface area contributed by atoms with Crippen LogP contribution in [0.3, 0.4) is 0 Å². The molecular weight excluding hydrogens is 278 g/mol. The summed E-state index contributed by atoms with van der Waals surface area (Å²) in [5, 5.41) is 11.0. The number of aromatic nitrogens is 2. The highest BCUT2D eigenvalue weighted by atomic mass is 16.5. The Kier molecular flexibility index (Phi) is 4.08. The lowest BCUT2D eigenvalue weighted by molar-refractivity contribution is -0.143. The van der Waals surface area contributed by atoms with Gasteiger partial charge in [-0.2, -0.15) is 0 Å². The molecule has 2 N–H and O–H groups in total. The topological polar surface area (TPSA) is 103 Å². The highest BCUT2D eigenvalue weighted by molar-refractivity contribution is 5.94. The number of hydrogen-bond acceptors (Lipinski definition) is 4. The van der Waals surface area contributed by atoms with E-state index in [1.54, 1.807) is 32.3 Å². The van der Waals surface area contributed by atoms with Crippen LogP contribution in [-0.2, 0) is 28.4 Å². The van der Waals surface area contributed by atoms with E-state index in [0.29, 0.717) is 11.2 Å². The van der Waals surface area contributed by atoms with Crippen molar-refractivity contribution >= 4 is 28.6 Å². The van der Waals surface area contributed by atoms with Crippen molar-refractivity contribution in [2.75, 3.05) is 18.5 Å². The number of ether oxygens (including phenoxy) is 1. The fourth-order valence-electron chi connectivity index (χ4n) is 2.01. The second-order valence-corrected chi connectivity index (χ2v) is 4.54. The molecule has 0 saturated carbocycles. The van der Waals surface area contributed by atoms with E-state index in [9.17, 15) is 14.4 Å². The van der Waals surface area contributed by atoms with Crippen molar-refractivity contribution in [2.45, 2.75) is 0 Å². The molecule has 0 aliphatic rings. The standard InChI is InChI=1S/C13H15N3O5/c1-15-9-4-3-8(5-10(9)16(2)13(15)20)14-11(17)6-21-7-12(18)19/h3-5H,6-7H2,1-2H3,(H,14,17)(H,18,19). The summed E-state index contributed by atoms with van der Waals surface area (Å²) in [6, 6.07) is 5.06. The second-order valence-electron chi connectivity index (χ2n) is 4.54. The first-order chi connectivity index (χ1) is 9.90. The predicted molar refractivity (Wildman–Crippen MR) is 75.2 cm³/mol. The maximum atomic E-state index is 11.8. The molecule has 0 fully saturated rings. The monoisotopic (exact) mass is 293 g/mol. The van der Waals surface area contributed by atoms with E-state index in [2.05, 4.69) is 5.32 Å². The third-order valence-corrected chi connectivity index (χ3v) is 3.01. The van der Waals surface area contributed by atoms with Crippen molar-refractivity contribution in [3.8, 4) is 0 Å². The number of aryl methyl sites for hydroxylation is 2. The zero-order chi connectivity index (χ0) is 15.6. The zero-order valence-electron chi connectivity index (χ0n) is 11.6. The van der Waals surface area contributed by atoms with Crippen LogP contribution in [0.5, 0.6) is 0 Å². The van der Waals surface area contributed by atoms with Crippen molar-refractivity contribution in [1.82, 2.24) is 9.13 Å². The SMILES string of the molecule is Cn1c(=O)n(C)c2cc(NC(=O)COCC(=O)O)ccc21. The lowest BCUT2D eigenvalue weighted by Crippen LogP contribution is -2.20. The Hall–Kier alpha value is -2.61.